The molecule has 1 aliphatic rings. The standard InChI is InChI=1S/C25H23N3O3/c1-27(2)16-9-11-20-22(13-16)31-23-14-17(28(3)4)10-12-21(23)25(20,15-26)19-8-6-5-7-18(19)24(29)30/h5-14H,1-4H3,(H,29,30). The van der Waals surface area contributed by atoms with Crippen LogP contribution in [0, 0.1) is 11.3 Å². The van der Waals surface area contributed by atoms with Crippen LogP contribution in [0.15, 0.2) is 60.7 Å². The molecule has 0 atom stereocenters. The minimum atomic E-state index is -1.33. The van der Waals surface area contributed by atoms with Crippen LogP contribution in [0.1, 0.15) is 27.0 Å². The Morgan fingerprint density at radius 2 is 1.39 bits per heavy atom. The predicted octanol–water partition coefficient (Wildman–Crippen LogP) is 4.48. The number of fused-ring (bicyclic) bond motifs is 2. The highest BCUT2D eigenvalue weighted by Gasteiger charge is 2.46. The van der Waals surface area contributed by atoms with Gasteiger partial charge in [-0.3, -0.25) is 0 Å². The Morgan fingerprint density at radius 1 is 0.871 bits per heavy atom. The zero-order valence-electron chi connectivity index (χ0n) is 17.9. The van der Waals surface area contributed by atoms with Crippen molar-refractivity contribution in [3.8, 4) is 17.6 Å². The van der Waals surface area contributed by atoms with E-state index in [0.29, 0.717) is 28.2 Å². The van der Waals surface area contributed by atoms with Gasteiger partial charge in [-0.05, 0) is 23.8 Å². The molecule has 1 aliphatic heterocycles. The second kappa shape index (κ2) is 7.37. The van der Waals surface area contributed by atoms with Gasteiger partial charge >= 0.3 is 5.97 Å². The number of nitrogens with zero attached hydrogens (tertiary/aromatic N) is 3. The molecule has 0 saturated carbocycles. The highest BCUT2D eigenvalue weighted by molar-refractivity contribution is 5.91. The van der Waals surface area contributed by atoms with Crippen LogP contribution >= 0.6 is 0 Å². The summed E-state index contributed by atoms with van der Waals surface area (Å²) >= 11 is 0. The van der Waals surface area contributed by atoms with Gasteiger partial charge in [0.2, 0.25) is 0 Å². The monoisotopic (exact) mass is 413 g/mol. The van der Waals surface area contributed by atoms with Gasteiger partial charge in [-0.1, -0.05) is 30.3 Å². The van der Waals surface area contributed by atoms with E-state index < -0.39 is 11.4 Å². The van der Waals surface area contributed by atoms with Gasteiger partial charge in [0.25, 0.3) is 0 Å². The number of aromatic carboxylic acids is 1. The van der Waals surface area contributed by atoms with E-state index in [1.807, 2.05) is 74.4 Å². The molecule has 0 fully saturated rings. The van der Waals surface area contributed by atoms with E-state index >= 15 is 0 Å². The van der Waals surface area contributed by atoms with E-state index in [1.54, 1.807) is 18.2 Å². The van der Waals surface area contributed by atoms with Crippen molar-refractivity contribution in [2.45, 2.75) is 5.41 Å². The summed E-state index contributed by atoms with van der Waals surface area (Å²) in [6.45, 7) is 0. The molecule has 0 aromatic heterocycles. The Hall–Kier alpha value is -3.98. The molecule has 6 heteroatoms. The Balaban J connectivity index is 2.11. The van der Waals surface area contributed by atoms with Gasteiger partial charge in [0.15, 0.2) is 0 Å². The lowest BCUT2D eigenvalue weighted by Crippen LogP contribution is -2.33. The van der Waals surface area contributed by atoms with Gasteiger partial charge in [-0.25, -0.2) is 4.79 Å². The van der Waals surface area contributed by atoms with Crippen LogP contribution in [0.25, 0.3) is 0 Å². The number of carboxylic acid groups (broad SMARTS) is 1. The second-order valence-electron chi connectivity index (χ2n) is 7.96. The van der Waals surface area contributed by atoms with Crippen molar-refractivity contribution in [3.05, 3.63) is 82.9 Å². The van der Waals surface area contributed by atoms with Gasteiger partial charge in [-0.2, -0.15) is 5.26 Å². The second-order valence-corrected chi connectivity index (χ2v) is 7.96. The summed E-state index contributed by atoms with van der Waals surface area (Å²) in [5.74, 6) is 0.00216. The molecule has 3 aromatic rings. The van der Waals surface area contributed by atoms with Crippen LogP contribution in [0.5, 0.6) is 11.5 Å². The maximum atomic E-state index is 12.1. The number of anilines is 2. The van der Waals surface area contributed by atoms with Gasteiger partial charge in [0, 0.05) is 62.8 Å². The molecule has 6 nitrogen and oxygen atoms in total. The van der Waals surface area contributed by atoms with Crippen LogP contribution in [-0.4, -0.2) is 39.3 Å². The van der Waals surface area contributed by atoms with E-state index in [2.05, 4.69) is 6.07 Å². The number of benzene rings is 3. The molecule has 0 spiro atoms. The molecule has 0 amide bonds. The zero-order chi connectivity index (χ0) is 22.3. The number of rotatable bonds is 4. The first-order chi connectivity index (χ1) is 14.8. The van der Waals surface area contributed by atoms with Crippen LogP contribution in [0.3, 0.4) is 0 Å². The molecule has 4 rings (SSSR count). The average Bonchev–Trinajstić information content (AvgIpc) is 2.76. The van der Waals surface area contributed by atoms with Crippen LogP contribution in [0.2, 0.25) is 0 Å². The summed E-state index contributed by atoms with van der Waals surface area (Å²) in [6, 6.07) is 20.5. The number of ether oxygens (including phenoxy) is 1. The molecule has 0 saturated heterocycles. The number of carboxylic acids is 1. The zero-order valence-corrected chi connectivity index (χ0v) is 17.9. The Morgan fingerprint density at radius 3 is 1.84 bits per heavy atom. The molecule has 0 aliphatic carbocycles. The van der Waals surface area contributed by atoms with Crippen molar-refractivity contribution >= 4 is 17.3 Å². The fourth-order valence-electron chi connectivity index (χ4n) is 4.10. The summed E-state index contributed by atoms with van der Waals surface area (Å²) in [6.07, 6.45) is 0. The highest BCUT2D eigenvalue weighted by Crippen LogP contribution is 2.53. The van der Waals surface area contributed by atoms with E-state index in [-0.39, 0.29) is 5.56 Å². The quantitative estimate of drug-likeness (QED) is 0.680. The van der Waals surface area contributed by atoms with Crippen molar-refractivity contribution in [2.75, 3.05) is 38.0 Å². The molecule has 0 radical (unpaired) electrons. The lowest BCUT2D eigenvalue weighted by Gasteiger charge is -2.37. The molecule has 1 heterocycles. The smallest absolute Gasteiger partial charge is 0.336 e. The molecular weight excluding hydrogens is 390 g/mol. The van der Waals surface area contributed by atoms with Gasteiger partial charge < -0.3 is 19.6 Å². The molecule has 0 unspecified atom stereocenters. The van der Waals surface area contributed by atoms with Crippen molar-refractivity contribution in [3.63, 3.8) is 0 Å². The summed E-state index contributed by atoms with van der Waals surface area (Å²) < 4.78 is 6.29. The normalized spacial score (nSPS) is 13.3. The molecule has 3 aromatic carbocycles. The van der Waals surface area contributed by atoms with E-state index in [1.165, 1.54) is 6.07 Å². The first-order valence-corrected chi connectivity index (χ1v) is 9.85. The lowest BCUT2D eigenvalue weighted by atomic mass is 9.67. The third-order valence-electron chi connectivity index (χ3n) is 5.72. The molecule has 31 heavy (non-hydrogen) atoms. The number of carbonyl (C=O) groups is 1. The number of hydrogen-bond donors (Lipinski definition) is 1. The summed E-state index contributed by atoms with van der Waals surface area (Å²) in [4.78, 5) is 16.0. The van der Waals surface area contributed by atoms with Gasteiger partial charge in [-0.15, -0.1) is 0 Å². The summed E-state index contributed by atoms with van der Waals surface area (Å²) in [5.41, 5.74) is 2.28. The van der Waals surface area contributed by atoms with Crippen LogP contribution in [0.4, 0.5) is 11.4 Å². The van der Waals surface area contributed by atoms with E-state index in [9.17, 15) is 15.2 Å². The minimum Gasteiger partial charge on any atom is -0.478 e. The Labute approximate surface area is 181 Å². The summed E-state index contributed by atoms with van der Waals surface area (Å²) in [5, 5.41) is 20.5. The topological polar surface area (TPSA) is 76.8 Å². The Bertz CT molecular complexity index is 1170. The summed E-state index contributed by atoms with van der Waals surface area (Å²) in [7, 11) is 7.72. The SMILES string of the molecule is CN(C)c1ccc2c(c1)Oc1cc(N(C)C)ccc1C2(C#N)c1ccccc1C(=O)O. The van der Waals surface area contributed by atoms with Crippen LogP contribution < -0.4 is 14.5 Å². The molecule has 0 bridgehead atoms. The first-order valence-electron chi connectivity index (χ1n) is 9.85. The van der Waals surface area contributed by atoms with Gasteiger partial charge in [0.1, 0.15) is 16.9 Å². The average molecular weight is 413 g/mol. The van der Waals surface area contributed by atoms with E-state index in [0.717, 1.165) is 11.4 Å². The predicted molar refractivity (Wildman–Crippen MR) is 121 cm³/mol. The van der Waals surface area contributed by atoms with Crippen molar-refractivity contribution in [2.24, 2.45) is 0 Å². The number of hydrogen-bond acceptors (Lipinski definition) is 5. The maximum Gasteiger partial charge on any atom is 0.336 e. The van der Waals surface area contributed by atoms with Crippen molar-refractivity contribution < 1.29 is 14.6 Å². The minimum absolute atomic E-state index is 0.0937. The fraction of sp³-hybridized carbons (Fsp3) is 0.200. The molecule has 1 N–H and O–H groups in total. The Kier molecular flexibility index (Phi) is 4.82. The number of nitriles is 1. The van der Waals surface area contributed by atoms with Crippen LogP contribution in [-0.2, 0) is 5.41 Å². The van der Waals surface area contributed by atoms with E-state index in [4.69, 9.17) is 4.74 Å². The van der Waals surface area contributed by atoms with Crippen molar-refractivity contribution in [1.82, 2.24) is 0 Å². The fourth-order valence-corrected chi connectivity index (χ4v) is 4.10. The lowest BCUT2D eigenvalue weighted by molar-refractivity contribution is 0.0695. The van der Waals surface area contributed by atoms with Crippen molar-refractivity contribution in [1.29, 1.82) is 5.26 Å². The maximum absolute atomic E-state index is 12.1. The molecule has 156 valence electrons. The largest absolute Gasteiger partial charge is 0.478 e. The van der Waals surface area contributed by atoms with Gasteiger partial charge in [0.05, 0.1) is 11.6 Å². The third kappa shape index (κ3) is 3.06. The molecular formula is C25H23N3O3. The highest BCUT2D eigenvalue weighted by atomic mass is 16.5. The first kappa shape index (κ1) is 20.3. The third-order valence-corrected chi connectivity index (χ3v) is 5.72.